The van der Waals surface area contributed by atoms with E-state index in [1.165, 1.54) is 7.11 Å². The second-order valence-electron chi connectivity index (χ2n) is 4.36. The average molecular weight is 366 g/mol. The highest BCUT2D eigenvalue weighted by Gasteiger charge is 2.16. The molecule has 0 atom stereocenters. The SMILES string of the molecule is COc1cc(CS(=O)(=O)c2cccc(Br)c2)ccc1C#N. The van der Waals surface area contributed by atoms with Gasteiger partial charge in [0, 0.05) is 4.47 Å². The molecule has 0 heterocycles. The highest BCUT2D eigenvalue weighted by molar-refractivity contribution is 9.10. The van der Waals surface area contributed by atoms with Crippen molar-refractivity contribution in [2.75, 3.05) is 7.11 Å². The van der Waals surface area contributed by atoms with Gasteiger partial charge < -0.3 is 4.74 Å². The van der Waals surface area contributed by atoms with Crippen LogP contribution >= 0.6 is 15.9 Å². The molecule has 108 valence electrons. The Morgan fingerprint density at radius 3 is 2.62 bits per heavy atom. The molecule has 0 saturated carbocycles. The van der Waals surface area contributed by atoms with E-state index in [0.717, 1.165) is 0 Å². The Bertz CT molecular complexity index is 810. The third-order valence-corrected chi connectivity index (χ3v) is 5.08. The van der Waals surface area contributed by atoms with E-state index in [4.69, 9.17) is 10.00 Å². The quantitative estimate of drug-likeness (QED) is 0.833. The lowest BCUT2D eigenvalue weighted by atomic mass is 10.1. The lowest BCUT2D eigenvalue weighted by Gasteiger charge is -2.08. The van der Waals surface area contributed by atoms with Crippen molar-refractivity contribution in [2.24, 2.45) is 0 Å². The van der Waals surface area contributed by atoms with E-state index in [9.17, 15) is 8.42 Å². The summed E-state index contributed by atoms with van der Waals surface area (Å²) in [6, 6.07) is 13.3. The lowest BCUT2D eigenvalue weighted by molar-refractivity contribution is 0.413. The molecule has 2 rings (SSSR count). The van der Waals surface area contributed by atoms with Crippen molar-refractivity contribution in [2.45, 2.75) is 10.6 Å². The smallest absolute Gasteiger partial charge is 0.182 e. The zero-order valence-electron chi connectivity index (χ0n) is 11.2. The summed E-state index contributed by atoms with van der Waals surface area (Å²) >= 11 is 3.26. The van der Waals surface area contributed by atoms with E-state index in [-0.39, 0.29) is 10.6 Å². The number of hydrogen-bond acceptors (Lipinski definition) is 4. The normalized spacial score (nSPS) is 10.9. The molecule has 0 spiro atoms. The topological polar surface area (TPSA) is 67.2 Å². The Labute approximate surface area is 132 Å². The first-order valence-electron chi connectivity index (χ1n) is 6.01. The fourth-order valence-electron chi connectivity index (χ4n) is 1.88. The predicted molar refractivity (Wildman–Crippen MR) is 82.7 cm³/mol. The summed E-state index contributed by atoms with van der Waals surface area (Å²) in [6.45, 7) is 0. The van der Waals surface area contributed by atoms with Crippen molar-refractivity contribution in [3.8, 4) is 11.8 Å². The predicted octanol–water partition coefficient (Wildman–Crippen LogP) is 3.30. The molecule has 0 aliphatic carbocycles. The zero-order valence-corrected chi connectivity index (χ0v) is 13.6. The van der Waals surface area contributed by atoms with E-state index in [1.807, 2.05) is 6.07 Å². The van der Waals surface area contributed by atoms with E-state index < -0.39 is 9.84 Å². The maximum absolute atomic E-state index is 12.4. The Morgan fingerprint density at radius 1 is 1.24 bits per heavy atom. The molecule has 0 N–H and O–H groups in total. The number of halogens is 1. The van der Waals surface area contributed by atoms with Gasteiger partial charge in [-0.25, -0.2) is 8.42 Å². The van der Waals surface area contributed by atoms with Crippen molar-refractivity contribution in [3.05, 3.63) is 58.1 Å². The summed E-state index contributed by atoms with van der Waals surface area (Å²) in [7, 11) is -2.00. The van der Waals surface area contributed by atoms with Crippen LogP contribution in [0.25, 0.3) is 0 Å². The summed E-state index contributed by atoms with van der Waals surface area (Å²) in [5.41, 5.74) is 0.951. The van der Waals surface area contributed by atoms with Gasteiger partial charge in [-0.1, -0.05) is 28.1 Å². The number of hydrogen-bond donors (Lipinski definition) is 0. The molecule has 0 aliphatic heterocycles. The molecule has 6 heteroatoms. The van der Waals surface area contributed by atoms with Crippen LogP contribution in [0.3, 0.4) is 0 Å². The summed E-state index contributed by atoms with van der Waals surface area (Å²) in [4.78, 5) is 0.250. The first kappa shape index (κ1) is 15.5. The molecule has 0 fully saturated rings. The number of sulfone groups is 1. The van der Waals surface area contributed by atoms with Crippen molar-refractivity contribution < 1.29 is 13.2 Å². The van der Waals surface area contributed by atoms with Crippen LogP contribution in [0.4, 0.5) is 0 Å². The Hall–Kier alpha value is -1.84. The van der Waals surface area contributed by atoms with Crippen molar-refractivity contribution in [3.63, 3.8) is 0 Å². The van der Waals surface area contributed by atoms with E-state index >= 15 is 0 Å². The summed E-state index contributed by atoms with van der Waals surface area (Å²) in [6.07, 6.45) is 0. The van der Waals surface area contributed by atoms with Crippen LogP contribution in [0.15, 0.2) is 51.8 Å². The fraction of sp³-hybridized carbons (Fsp3) is 0.133. The molecule has 0 amide bonds. The Balaban J connectivity index is 2.35. The van der Waals surface area contributed by atoms with Crippen LogP contribution in [0.2, 0.25) is 0 Å². The monoisotopic (exact) mass is 365 g/mol. The third-order valence-electron chi connectivity index (χ3n) is 2.90. The van der Waals surface area contributed by atoms with Gasteiger partial charge in [0.2, 0.25) is 0 Å². The first-order valence-corrected chi connectivity index (χ1v) is 8.46. The van der Waals surface area contributed by atoms with Crippen molar-refractivity contribution in [1.82, 2.24) is 0 Å². The van der Waals surface area contributed by atoms with Crippen LogP contribution in [0.5, 0.6) is 5.75 Å². The molecule has 21 heavy (non-hydrogen) atoms. The van der Waals surface area contributed by atoms with Gasteiger partial charge in [-0.3, -0.25) is 0 Å². The zero-order chi connectivity index (χ0) is 15.5. The summed E-state index contributed by atoms with van der Waals surface area (Å²) in [5, 5.41) is 8.93. The highest BCUT2D eigenvalue weighted by atomic mass is 79.9. The molecular weight excluding hydrogens is 354 g/mol. The van der Waals surface area contributed by atoms with Gasteiger partial charge in [-0.15, -0.1) is 0 Å². The number of nitrogens with zero attached hydrogens (tertiary/aromatic N) is 1. The number of benzene rings is 2. The molecule has 0 saturated heterocycles. The van der Waals surface area contributed by atoms with Gasteiger partial charge in [0.15, 0.2) is 9.84 Å². The average Bonchev–Trinajstić information content (AvgIpc) is 2.46. The maximum atomic E-state index is 12.4. The fourth-order valence-corrected chi connectivity index (χ4v) is 3.81. The second kappa shape index (κ2) is 6.29. The van der Waals surface area contributed by atoms with Gasteiger partial charge >= 0.3 is 0 Å². The van der Waals surface area contributed by atoms with Gasteiger partial charge in [0.1, 0.15) is 11.8 Å². The molecule has 2 aromatic carbocycles. The largest absolute Gasteiger partial charge is 0.495 e. The third kappa shape index (κ3) is 3.63. The van der Waals surface area contributed by atoms with Crippen LogP contribution < -0.4 is 4.74 Å². The summed E-state index contributed by atoms with van der Waals surface area (Å²) < 4.78 is 30.6. The molecule has 0 radical (unpaired) electrons. The van der Waals surface area contributed by atoms with Gasteiger partial charge in [0.25, 0.3) is 0 Å². The highest BCUT2D eigenvalue weighted by Crippen LogP contribution is 2.24. The minimum absolute atomic E-state index is 0.147. The molecule has 4 nitrogen and oxygen atoms in total. The standard InChI is InChI=1S/C15H12BrNO3S/c1-20-15-7-11(5-6-12(15)9-17)10-21(18,19)14-4-2-3-13(16)8-14/h2-8H,10H2,1H3. The van der Waals surface area contributed by atoms with Crippen LogP contribution in [-0.4, -0.2) is 15.5 Å². The minimum Gasteiger partial charge on any atom is -0.495 e. The summed E-state index contributed by atoms with van der Waals surface area (Å²) in [5.74, 6) is 0.227. The molecule has 0 aliphatic rings. The molecule has 2 aromatic rings. The van der Waals surface area contributed by atoms with Crippen LogP contribution in [0.1, 0.15) is 11.1 Å². The molecule has 0 bridgehead atoms. The number of ether oxygens (including phenoxy) is 1. The number of nitriles is 1. The Morgan fingerprint density at radius 2 is 2.00 bits per heavy atom. The van der Waals surface area contributed by atoms with E-state index in [2.05, 4.69) is 15.9 Å². The van der Waals surface area contributed by atoms with Gasteiger partial charge in [0.05, 0.1) is 23.3 Å². The van der Waals surface area contributed by atoms with E-state index in [0.29, 0.717) is 21.3 Å². The number of methoxy groups -OCH3 is 1. The van der Waals surface area contributed by atoms with Gasteiger partial charge in [-0.05, 0) is 35.9 Å². The Kier molecular flexibility index (Phi) is 4.66. The van der Waals surface area contributed by atoms with Crippen LogP contribution in [-0.2, 0) is 15.6 Å². The molecule has 0 aromatic heterocycles. The van der Waals surface area contributed by atoms with Crippen molar-refractivity contribution in [1.29, 1.82) is 5.26 Å². The second-order valence-corrected chi connectivity index (χ2v) is 7.27. The van der Waals surface area contributed by atoms with Crippen molar-refractivity contribution >= 4 is 25.8 Å². The van der Waals surface area contributed by atoms with Gasteiger partial charge in [-0.2, -0.15) is 5.26 Å². The molecule has 0 unspecified atom stereocenters. The molecular formula is C15H12BrNO3S. The lowest BCUT2D eigenvalue weighted by Crippen LogP contribution is -2.05. The van der Waals surface area contributed by atoms with Crippen LogP contribution in [0, 0.1) is 11.3 Å². The van der Waals surface area contributed by atoms with E-state index in [1.54, 1.807) is 42.5 Å². The minimum atomic E-state index is -3.45. The number of rotatable bonds is 4. The first-order chi connectivity index (χ1) is 9.96. The maximum Gasteiger partial charge on any atom is 0.182 e.